The van der Waals surface area contributed by atoms with E-state index >= 15 is 0 Å². The van der Waals surface area contributed by atoms with Crippen LogP contribution < -0.4 is 5.56 Å². The maximum Gasteiger partial charge on any atom is 0.250 e. The predicted octanol–water partition coefficient (Wildman–Crippen LogP) is 1.80. The second-order valence-corrected chi connectivity index (χ2v) is 7.77. The molecule has 1 atom stereocenters. The normalized spacial score (nSPS) is 26.3. The zero-order valence-corrected chi connectivity index (χ0v) is 13.2. The summed E-state index contributed by atoms with van der Waals surface area (Å²) in [6.45, 7) is 2.26. The highest BCUT2D eigenvalue weighted by molar-refractivity contribution is 8.03. The average molecular weight is 311 g/mol. The number of hydrogen-bond donors (Lipinski definition) is 1. The Morgan fingerprint density at radius 1 is 1.30 bits per heavy atom. The molecule has 1 aromatic rings. The van der Waals surface area contributed by atoms with E-state index in [2.05, 4.69) is 38.4 Å². The van der Waals surface area contributed by atoms with Gasteiger partial charge < -0.3 is 4.98 Å². The van der Waals surface area contributed by atoms with Crippen molar-refractivity contribution in [2.75, 3.05) is 36.1 Å². The molecule has 20 heavy (non-hydrogen) atoms. The van der Waals surface area contributed by atoms with E-state index in [1.165, 1.54) is 42.3 Å². The highest BCUT2D eigenvalue weighted by Crippen LogP contribution is 2.29. The van der Waals surface area contributed by atoms with Gasteiger partial charge in [0.05, 0.1) is 12.0 Å². The fraction of sp³-hybridized carbons (Fsp3) is 0.714. The molecule has 1 aromatic heterocycles. The van der Waals surface area contributed by atoms with Crippen LogP contribution in [0.2, 0.25) is 0 Å². The van der Waals surface area contributed by atoms with E-state index in [9.17, 15) is 4.79 Å². The Labute approximate surface area is 128 Å². The monoisotopic (exact) mass is 311 g/mol. The summed E-state index contributed by atoms with van der Waals surface area (Å²) < 4.78 is 0. The van der Waals surface area contributed by atoms with Gasteiger partial charge in [-0.1, -0.05) is 0 Å². The topological polar surface area (TPSA) is 49.0 Å². The molecule has 0 bridgehead atoms. The minimum Gasteiger partial charge on any atom is -0.313 e. The summed E-state index contributed by atoms with van der Waals surface area (Å²) in [5.74, 6) is 5.50. The van der Waals surface area contributed by atoms with Gasteiger partial charge in [0.25, 0.3) is 5.56 Å². The van der Waals surface area contributed by atoms with E-state index in [-0.39, 0.29) is 5.56 Å². The standard InChI is InChI=1S/C14H21N3OS2/c18-14-6-13(15-10-16-14)11-2-1-3-17(7-11)12-8-19-4-5-20-9-12/h6,10-12H,1-5,7-9H2,(H,15,16,18)/t11-/m1/s1. The molecule has 4 nitrogen and oxygen atoms in total. The van der Waals surface area contributed by atoms with Crippen LogP contribution in [-0.2, 0) is 0 Å². The Morgan fingerprint density at radius 2 is 2.10 bits per heavy atom. The molecule has 2 fully saturated rings. The molecular weight excluding hydrogens is 290 g/mol. The van der Waals surface area contributed by atoms with Crippen molar-refractivity contribution in [1.29, 1.82) is 0 Å². The first-order valence-electron chi connectivity index (χ1n) is 7.27. The van der Waals surface area contributed by atoms with Gasteiger partial charge in [-0.2, -0.15) is 23.5 Å². The molecule has 0 aromatic carbocycles. The van der Waals surface area contributed by atoms with E-state index < -0.39 is 0 Å². The summed E-state index contributed by atoms with van der Waals surface area (Å²) in [4.78, 5) is 21.0. The Hall–Kier alpha value is -0.460. The van der Waals surface area contributed by atoms with Gasteiger partial charge in [0.2, 0.25) is 0 Å². The quantitative estimate of drug-likeness (QED) is 0.902. The molecule has 2 aliphatic rings. The molecule has 3 rings (SSSR count). The minimum absolute atomic E-state index is 0.0345. The number of nitrogens with zero attached hydrogens (tertiary/aromatic N) is 2. The third kappa shape index (κ3) is 3.59. The molecule has 2 aliphatic heterocycles. The van der Waals surface area contributed by atoms with Crippen molar-refractivity contribution < 1.29 is 0 Å². The minimum atomic E-state index is -0.0345. The lowest BCUT2D eigenvalue weighted by Crippen LogP contribution is -2.44. The zero-order valence-electron chi connectivity index (χ0n) is 11.6. The van der Waals surface area contributed by atoms with Crippen LogP contribution >= 0.6 is 23.5 Å². The fourth-order valence-corrected chi connectivity index (χ4v) is 5.63. The second kappa shape index (κ2) is 7.00. The van der Waals surface area contributed by atoms with Crippen LogP contribution in [0.5, 0.6) is 0 Å². The van der Waals surface area contributed by atoms with Gasteiger partial charge in [0.15, 0.2) is 0 Å². The number of hydrogen-bond acceptors (Lipinski definition) is 5. The van der Waals surface area contributed by atoms with E-state index in [0.29, 0.717) is 12.0 Å². The summed E-state index contributed by atoms with van der Waals surface area (Å²) in [5, 5.41) is 0. The summed E-state index contributed by atoms with van der Waals surface area (Å²) in [5.41, 5.74) is 0.931. The summed E-state index contributed by atoms with van der Waals surface area (Å²) in [6.07, 6.45) is 3.90. The van der Waals surface area contributed by atoms with Gasteiger partial charge in [-0.05, 0) is 19.4 Å². The lowest BCUT2D eigenvalue weighted by molar-refractivity contribution is 0.171. The molecule has 3 heterocycles. The number of H-pyrrole nitrogens is 1. The van der Waals surface area contributed by atoms with Crippen LogP contribution in [0.25, 0.3) is 0 Å². The Morgan fingerprint density at radius 3 is 2.85 bits per heavy atom. The van der Waals surface area contributed by atoms with Crippen molar-refractivity contribution in [2.24, 2.45) is 0 Å². The Kier molecular flexibility index (Phi) is 5.07. The van der Waals surface area contributed by atoms with E-state index in [4.69, 9.17) is 0 Å². The SMILES string of the molecule is O=c1cc([C@@H]2CCCN(C3CSCCSC3)C2)nc[nH]1. The van der Waals surface area contributed by atoms with Crippen molar-refractivity contribution >= 4 is 23.5 Å². The van der Waals surface area contributed by atoms with Gasteiger partial charge in [0, 0.05) is 47.6 Å². The van der Waals surface area contributed by atoms with E-state index in [1.807, 2.05) is 0 Å². The molecule has 0 saturated carbocycles. The van der Waals surface area contributed by atoms with Crippen molar-refractivity contribution in [1.82, 2.24) is 14.9 Å². The number of piperidine rings is 1. The molecule has 0 spiro atoms. The third-order valence-electron chi connectivity index (χ3n) is 4.08. The number of thioether (sulfide) groups is 2. The van der Waals surface area contributed by atoms with E-state index in [1.54, 1.807) is 6.07 Å². The summed E-state index contributed by atoms with van der Waals surface area (Å²) in [7, 11) is 0. The number of aromatic amines is 1. The second-order valence-electron chi connectivity index (χ2n) is 5.47. The van der Waals surface area contributed by atoms with Gasteiger partial charge >= 0.3 is 0 Å². The first-order valence-corrected chi connectivity index (χ1v) is 9.58. The lowest BCUT2D eigenvalue weighted by atomic mass is 9.94. The largest absolute Gasteiger partial charge is 0.313 e. The maximum absolute atomic E-state index is 11.4. The zero-order chi connectivity index (χ0) is 13.8. The van der Waals surface area contributed by atoms with Gasteiger partial charge in [-0.3, -0.25) is 9.69 Å². The Bertz CT molecular complexity index is 485. The van der Waals surface area contributed by atoms with Gasteiger partial charge in [0.1, 0.15) is 0 Å². The maximum atomic E-state index is 11.4. The predicted molar refractivity (Wildman–Crippen MR) is 86.8 cm³/mol. The number of likely N-dealkylation sites (tertiary alicyclic amines) is 1. The van der Waals surface area contributed by atoms with Crippen molar-refractivity contribution in [3.63, 3.8) is 0 Å². The number of rotatable bonds is 2. The summed E-state index contributed by atoms with van der Waals surface area (Å²) in [6, 6.07) is 2.36. The first-order chi connectivity index (χ1) is 9.83. The van der Waals surface area contributed by atoms with Crippen molar-refractivity contribution in [2.45, 2.75) is 24.8 Å². The molecular formula is C14H21N3OS2. The fourth-order valence-electron chi connectivity index (χ4n) is 3.00. The number of nitrogens with one attached hydrogen (secondary N) is 1. The molecule has 6 heteroatoms. The molecule has 0 unspecified atom stereocenters. The van der Waals surface area contributed by atoms with Crippen molar-refractivity contribution in [3.05, 3.63) is 28.4 Å². The smallest absolute Gasteiger partial charge is 0.250 e. The van der Waals surface area contributed by atoms with Crippen LogP contribution in [0.3, 0.4) is 0 Å². The molecule has 2 saturated heterocycles. The molecule has 1 N–H and O–H groups in total. The van der Waals surface area contributed by atoms with E-state index in [0.717, 1.165) is 18.7 Å². The summed E-state index contributed by atoms with van der Waals surface area (Å²) >= 11 is 4.17. The highest BCUT2D eigenvalue weighted by atomic mass is 32.2. The number of aromatic nitrogens is 2. The molecule has 0 aliphatic carbocycles. The van der Waals surface area contributed by atoms with Crippen LogP contribution in [0, 0.1) is 0 Å². The van der Waals surface area contributed by atoms with Gasteiger partial charge in [-0.25, -0.2) is 4.98 Å². The third-order valence-corrected chi connectivity index (χ3v) is 6.56. The van der Waals surface area contributed by atoms with Crippen LogP contribution in [0.15, 0.2) is 17.2 Å². The van der Waals surface area contributed by atoms with Crippen LogP contribution in [0.4, 0.5) is 0 Å². The Balaban J connectivity index is 1.68. The van der Waals surface area contributed by atoms with Crippen LogP contribution in [0.1, 0.15) is 24.5 Å². The van der Waals surface area contributed by atoms with Gasteiger partial charge in [-0.15, -0.1) is 0 Å². The molecule has 0 amide bonds. The molecule has 0 radical (unpaired) electrons. The van der Waals surface area contributed by atoms with Crippen LogP contribution in [-0.4, -0.2) is 57.0 Å². The van der Waals surface area contributed by atoms with Crippen molar-refractivity contribution in [3.8, 4) is 0 Å². The average Bonchev–Trinajstić information content (AvgIpc) is 2.76. The molecule has 110 valence electrons. The highest BCUT2D eigenvalue weighted by Gasteiger charge is 2.28. The lowest BCUT2D eigenvalue weighted by Gasteiger charge is -2.37. The first kappa shape index (κ1) is 14.5.